The molecule has 0 spiro atoms. The highest BCUT2D eigenvalue weighted by molar-refractivity contribution is 5.88. The lowest BCUT2D eigenvalue weighted by Crippen LogP contribution is -2.17. The molecule has 1 heterocycles. The number of fused-ring (bicyclic) bond motifs is 1. The lowest BCUT2D eigenvalue weighted by atomic mass is 9.81. The standard InChI is InChI=1S/C21H27N3O/c1-4-5-8-18(13-24-14-22-23-15-24)16(2)21-19-10-7-6-9-17(19)11-12-20(21)25-3/h6-7,9-12,14-16,18H,4-5,8,13H2,1-3H3. The van der Waals surface area contributed by atoms with Crippen LogP contribution in [-0.2, 0) is 6.54 Å². The molecule has 0 N–H and O–H groups in total. The van der Waals surface area contributed by atoms with E-state index in [0.717, 1.165) is 12.3 Å². The van der Waals surface area contributed by atoms with Gasteiger partial charge in [-0.15, -0.1) is 10.2 Å². The smallest absolute Gasteiger partial charge is 0.122 e. The fourth-order valence-electron chi connectivity index (χ4n) is 3.71. The van der Waals surface area contributed by atoms with E-state index in [1.165, 1.54) is 35.6 Å². The highest BCUT2D eigenvalue weighted by atomic mass is 16.5. The summed E-state index contributed by atoms with van der Waals surface area (Å²) in [5.41, 5.74) is 1.31. The molecule has 0 aliphatic heterocycles. The predicted molar refractivity (Wildman–Crippen MR) is 102 cm³/mol. The number of hydrogen-bond donors (Lipinski definition) is 0. The van der Waals surface area contributed by atoms with Gasteiger partial charge in [-0.1, -0.05) is 57.0 Å². The maximum Gasteiger partial charge on any atom is 0.122 e. The maximum absolute atomic E-state index is 5.73. The van der Waals surface area contributed by atoms with E-state index in [2.05, 4.69) is 65.0 Å². The van der Waals surface area contributed by atoms with Crippen molar-refractivity contribution in [1.82, 2.24) is 14.8 Å². The summed E-state index contributed by atoms with van der Waals surface area (Å²) in [6, 6.07) is 12.8. The Bertz CT molecular complexity index is 798. The number of nitrogens with zero attached hydrogens (tertiary/aromatic N) is 3. The summed E-state index contributed by atoms with van der Waals surface area (Å²) < 4.78 is 7.82. The predicted octanol–water partition coefficient (Wildman–Crippen LogP) is 5.05. The van der Waals surface area contributed by atoms with Crippen LogP contribution in [0.2, 0.25) is 0 Å². The highest BCUT2D eigenvalue weighted by Gasteiger charge is 2.24. The minimum absolute atomic E-state index is 0.384. The van der Waals surface area contributed by atoms with E-state index < -0.39 is 0 Å². The Morgan fingerprint density at radius 1 is 1.08 bits per heavy atom. The highest BCUT2D eigenvalue weighted by Crippen LogP contribution is 2.39. The van der Waals surface area contributed by atoms with Crippen molar-refractivity contribution >= 4 is 10.8 Å². The molecule has 132 valence electrons. The van der Waals surface area contributed by atoms with E-state index in [1.807, 2.05) is 12.7 Å². The van der Waals surface area contributed by atoms with Crippen LogP contribution in [0.1, 0.15) is 44.6 Å². The lowest BCUT2D eigenvalue weighted by Gasteiger charge is -2.27. The molecule has 0 fully saturated rings. The molecule has 1 aromatic heterocycles. The molecule has 0 bridgehead atoms. The van der Waals surface area contributed by atoms with E-state index in [0.29, 0.717) is 11.8 Å². The molecule has 0 radical (unpaired) electrons. The lowest BCUT2D eigenvalue weighted by molar-refractivity contribution is 0.338. The number of rotatable bonds is 8. The molecule has 2 unspecified atom stereocenters. The van der Waals surface area contributed by atoms with Gasteiger partial charge >= 0.3 is 0 Å². The summed E-state index contributed by atoms with van der Waals surface area (Å²) in [5.74, 6) is 1.88. The van der Waals surface area contributed by atoms with Crippen LogP contribution in [0.3, 0.4) is 0 Å². The molecule has 0 aliphatic carbocycles. The minimum Gasteiger partial charge on any atom is -0.496 e. The van der Waals surface area contributed by atoms with E-state index >= 15 is 0 Å². The molecule has 3 rings (SSSR count). The van der Waals surface area contributed by atoms with Crippen LogP contribution >= 0.6 is 0 Å². The first-order chi connectivity index (χ1) is 12.2. The molecule has 4 nitrogen and oxygen atoms in total. The second-order valence-electron chi connectivity index (χ2n) is 6.75. The number of methoxy groups -OCH3 is 1. The van der Waals surface area contributed by atoms with Crippen molar-refractivity contribution < 1.29 is 4.74 Å². The molecule has 4 heteroatoms. The molecule has 0 aliphatic rings. The zero-order valence-corrected chi connectivity index (χ0v) is 15.4. The van der Waals surface area contributed by atoms with Crippen LogP contribution in [-0.4, -0.2) is 21.9 Å². The Balaban J connectivity index is 2.00. The number of benzene rings is 2. The van der Waals surface area contributed by atoms with Gasteiger partial charge in [0.25, 0.3) is 0 Å². The van der Waals surface area contributed by atoms with Gasteiger partial charge in [0.2, 0.25) is 0 Å². The third kappa shape index (κ3) is 3.84. The summed E-state index contributed by atoms with van der Waals surface area (Å²) >= 11 is 0. The number of hydrogen-bond acceptors (Lipinski definition) is 3. The Kier molecular flexibility index (Phi) is 5.69. The van der Waals surface area contributed by atoms with E-state index in [9.17, 15) is 0 Å². The minimum atomic E-state index is 0.384. The molecule has 0 saturated carbocycles. The van der Waals surface area contributed by atoms with Crippen molar-refractivity contribution in [2.24, 2.45) is 5.92 Å². The van der Waals surface area contributed by atoms with Crippen LogP contribution in [0.25, 0.3) is 10.8 Å². The summed E-state index contributed by atoms with van der Waals surface area (Å²) in [7, 11) is 1.77. The van der Waals surface area contributed by atoms with Gasteiger partial charge in [0.05, 0.1) is 7.11 Å². The van der Waals surface area contributed by atoms with Crippen LogP contribution in [0, 0.1) is 5.92 Å². The second-order valence-corrected chi connectivity index (χ2v) is 6.75. The Morgan fingerprint density at radius 3 is 2.56 bits per heavy atom. The zero-order chi connectivity index (χ0) is 17.6. The van der Waals surface area contributed by atoms with Crippen molar-refractivity contribution in [3.8, 4) is 5.75 Å². The third-order valence-corrected chi connectivity index (χ3v) is 5.15. The first-order valence-corrected chi connectivity index (χ1v) is 9.12. The Morgan fingerprint density at radius 2 is 1.84 bits per heavy atom. The topological polar surface area (TPSA) is 39.9 Å². The monoisotopic (exact) mass is 337 g/mol. The van der Waals surface area contributed by atoms with Crippen molar-refractivity contribution in [3.63, 3.8) is 0 Å². The summed E-state index contributed by atoms with van der Waals surface area (Å²) in [5, 5.41) is 10.5. The maximum atomic E-state index is 5.73. The fraction of sp³-hybridized carbons (Fsp3) is 0.429. The molecule has 25 heavy (non-hydrogen) atoms. The fourth-order valence-corrected chi connectivity index (χ4v) is 3.71. The molecular weight excluding hydrogens is 310 g/mol. The quantitative estimate of drug-likeness (QED) is 0.577. The van der Waals surface area contributed by atoms with Crippen molar-refractivity contribution in [1.29, 1.82) is 0 Å². The molecule has 3 aromatic rings. The van der Waals surface area contributed by atoms with Crippen LogP contribution in [0.5, 0.6) is 5.75 Å². The Labute approximate surface area is 149 Å². The first-order valence-electron chi connectivity index (χ1n) is 9.12. The van der Waals surface area contributed by atoms with Crippen molar-refractivity contribution in [2.75, 3.05) is 7.11 Å². The number of unbranched alkanes of at least 4 members (excludes halogenated alkanes) is 1. The molecule has 0 saturated heterocycles. The van der Waals surface area contributed by atoms with Crippen molar-refractivity contribution in [3.05, 3.63) is 54.6 Å². The van der Waals surface area contributed by atoms with Gasteiger partial charge in [-0.25, -0.2) is 0 Å². The van der Waals surface area contributed by atoms with Gasteiger partial charge in [0, 0.05) is 12.1 Å². The Hall–Kier alpha value is -2.36. The zero-order valence-electron chi connectivity index (χ0n) is 15.4. The largest absolute Gasteiger partial charge is 0.496 e. The molecular formula is C21H27N3O. The summed E-state index contributed by atoms with van der Waals surface area (Å²) in [4.78, 5) is 0. The molecule has 2 aromatic carbocycles. The summed E-state index contributed by atoms with van der Waals surface area (Å²) in [6.45, 7) is 5.51. The normalized spacial score (nSPS) is 13.7. The van der Waals surface area contributed by atoms with Crippen LogP contribution in [0.15, 0.2) is 49.1 Å². The number of aromatic nitrogens is 3. The van der Waals surface area contributed by atoms with Gasteiger partial charge in [-0.05, 0) is 35.1 Å². The van der Waals surface area contributed by atoms with Crippen molar-refractivity contribution in [2.45, 2.75) is 45.6 Å². The van der Waals surface area contributed by atoms with Gasteiger partial charge in [0.1, 0.15) is 18.4 Å². The average molecular weight is 337 g/mol. The number of ether oxygens (including phenoxy) is 1. The van der Waals surface area contributed by atoms with Gasteiger partial charge < -0.3 is 9.30 Å². The van der Waals surface area contributed by atoms with Gasteiger partial charge in [-0.3, -0.25) is 0 Å². The van der Waals surface area contributed by atoms with E-state index in [-0.39, 0.29) is 0 Å². The van der Waals surface area contributed by atoms with E-state index in [4.69, 9.17) is 4.74 Å². The van der Waals surface area contributed by atoms with E-state index in [1.54, 1.807) is 7.11 Å². The first kappa shape index (κ1) is 17.5. The van der Waals surface area contributed by atoms with Crippen LogP contribution in [0.4, 0.5) is 0 Å². The van der Waals surface area contributed by atoms with Crippen LogP contribution < -0.4 is 4.74 Å². The van der Waals surface area contributed by atoms with Gasteiger partial charge in [-0.2, -0.15) is 0 Å². The molecule has 2 atom stereocenters. The van der Waals surface area contributed by atoms with Gasteiger partial charge in [0.15, 0.2) is 0 Å². The second kappa shape index (κ2) is 8.15. The average Bonchev–Trinajstić information content (AvgIpc) is 3.16. The molecule has 0 amide bonds. The SMILES string of the molecule is CCCCC(Cn1cnnc1)C(C)c1c(OC)ccc2ccccc12. The third-order valence-electron chi connectivity index (χ3n) is 5.15. The summed E-state index contributed by atoms with van der Waals surface area (Å²) in [6.07, 6.45) is 7.24.